The predicted molar refractivity (Wildman–Crippen MR) is 177 cm³/mol. The number of benzene rings is 3. The van der Waals surface area contributed by atoms with E-state index in [0.29, 0.717) is 43.8 Å². The molecule has 0 amide bonds. The van der Waals surface area contributed by atoms with Crippen LogP contribution < -0.4 is 19.5 Å². The van der Waals surface area contributed by atoms with E-state index in [-0.39, 0.29) is 18.8 Å². The van der Waals surface area contributed by atoms with Crippen LogP contribution in [-0.4, -0.2) is 97.6 Å². The molecule has 0 radical (unpaired) electrons. The predicted octanol–water partition coefficient (Wildman–Crippen LogP) is 4.67. The van der Waals surface area contributed by atoms with E-state index in [1.165, 1.54) is 12.8 Å². The van der Waals surface area contributed by atoms with Crippen molar-refractivity contribution in [3.63, 3.8) is 0 Å². The zero-order chi connectivity index (χ0) is 31.0. The number of H-pyrrole nitrogens is 1. The molecule has 1 aliphatic carbocycles. The average molecular weight is 618 g/mol. The molecular formula is C36H47N3O6. The summed E-state index contributed by atoms with van der Waals surface area (Å²) < 4.78 is 24.0. The van der Waals surface area contributed by atoms with Gasteiger partial charge in [0.15, 0.2) is 11.5 Å². The third kappa shape index (κ3) is 7.91. The van der Waals surface area contributed by atoms with Crippen LogP contribution in [-0.2, 0) is 11.2 Å². The fourth-order valence-electron chi connectivity index (χ4n) is 6.81. The molecule has 2 heterocycles. The van der Waals surface area contributed by atoms with Gasteiger partial charge >= 0.3 is 0 Å². The van der Waals surface area contributed by atoms with Crippen LogP contribution in [0.3, 0.4) is 0 Å². The van der Waals surface area contributed by atoms with Crippen molar-refractivity contribution in [2.75, 3.05) is 53.1 Å². The van der Waals surface area contributed by atoms with Gasteiger partial charge in [0.2, 0.25) is 0 Å². The molecule has 4 aromatic rings. The molecule has 45 heavy (non-hydrogen) atoms. The summed E-state index contributed by atoms with van der Waals surface area (Å²) >= 11 is 0. The fourth-order valence-corrected chi connectivity index (χ4v) is 6.81. The Balaban J connectivity index is 0.910. The largest absolute Gasteiger partial charge is 0.493 e. The van der Waals surface area contributed by atoms with E-state index in [1.54, 1.807) is 7.11 Å². The Bertz CT molecular complexity index is 1530. The van der Waals surface area contributed by atoms with E-state index >= 15 is 0 Å². The average Bonchev–Trinajstić information content (AvgIpc) is 3.68. The third-order valence-corrected chi connectivity index (χ3v) is 9.12. The van der Waals surface area contributed by atoms with Crippen LogP contribution in [0, 0.1) is 0 Å². The number of ether oxygens (including phenoxy) is 4. The number of methoxy groups -OCH3 is 1. The molecule has 1 aliphatic heterocycles. The summed E-state index contributed by atoms with van der Waals surface area (Å²) in [6.07, 6.45) is 5.75. The summed E-state index contributed by atoms with van der Waals surface area (Å²) in [6.45, 7) is 4.00. The van der Waals surface area contributed by atoms with Crippen LogP contribution in [0.25, 0.3) is 21.8 Å². The van der Waals surface area contributed by atoms with Crippen molar-refractivity contribution < 1.29 is 29.2 Å². The minimum atomic E-state index is -0.660. The topological polar surface area (TPSA) is 108 Å². The van der Waals surface area contributed by atoms with E-state index in [1.807, 2.05) is 42.5 Å². The molecule has 4 atom stereocenters. The summed E-state index contributed by atoms with van der Waals surface area (Å²) in [5.41, 5.74) is 3.23. The van der Waals surface area contributed by atoms with Crippen molar-refractivity contribution in [1.29, 1.82) is 0 Å². The number of β-amino-alcohol motifs (C(OH)–C–C–N with tert-alkyl or cyclic N) is 1. The van der Waals surface area contributed by atoms with Crippen molar-refractivity contribution >= 4 is 21.8 Å². The first kappa shape index (κ1) is 31.6. The monoisotopic (exact) mass is 617 g/mol. The zero-order valence-corrected chi connectivity index (χ0v) is 26.2. The number of likely N-dealkylation sites (tertiary alicyclic amines) is 1. The highest BCUT2D eigenvalue weighted by molar-refractivity contribution is 6.10. The van der Waals surface area contributed by atoms with E-state index in [4.69, 9.17) is 18.9 Å². The summed E-state index contributed by atoms with van der Waals surface area (Å²) in [7, 11) is 1.66. The minimum absolute atomic E-state index is 0.189. The number of hydrogen-bond acceptors (Lipinski definition) is 8. The molecule has 242 valence electrons. The number of nitrogens with one attached hydrogen (secondary N) is 2. The Morgan fingerprint density at radius 1 is 0.933 bits per heavy atom. The van der Waals surface area contributed by atoms with Gasteiger partial charge < -0.3 is 39.5 Å². The molecule has 1 unspecified atom stereocenters. The molecule has 0 spiro atoms. The molecule has 1 aromatic heterocycles. The van der Waals surface area contributed by atoms with Gasteiger partial charge in [0, 0.05) is 48.5 Å². The number of fused-ring (bicyclic) bond motifs is 3. The van der Waals surface area contributed by atoms with Gasteiger partial charge in [-0.3, -0.25) is 4.90 Å². The van der Waals surface area contributed by atoms with Crippen LogP contribution in [0.1, 0.15) is 37.7 Å². The Morgan fingerprint density at radius 3 is 2.67 bits per heavy atom. The molecule has 9 heteroatoms. The van der Waals surface area contributed by atoms with Crippen molar-refractivity contribution in [3.8, 4) is 17.2 Å². The van der Waals surface area contributed by atoms with Crippen LogP contribution in [0.2, 0.25) is 0 Å². The van der Waals surface area contributed by atoms with Crippen molar-refractivity contribution in [2.24, 2.45) is 0 Å². The molecule has 3 aromatic carbocycles. The lowest BCUT2D eigenvalue weighted by atomic mass is 9.91. The number of para-hydroxylation sites is 1. The fraction of sp³-hybridized carbons (Fsp3) is 0.500. The zero-order valence-electron chi connectivity index (χ0n) is 26.2. The summed E-state index contributed by atoms with van der Waals surface area (Å²) in [4.78, 5) is 5.85. The van der Waals surface area contributed by atoms with Gasteiger partial charge in [-0.25, -0.2) is 0 Å². The maximum absolute atomic E-state index is 10.5. The molecule has 0 bridgehead atoms. The number of nitrogens with zero attached hydrogens (tertiary/aromatic N) is 1. The Morgan fingerprint density at radius 2 is 1.80 bits per heavy atom. The minimum Gasteiger partial charge on any atom is -0.493 e. The second-order valence-corrected chi connectivity index (χ2v) is 12.3. The maximum atomic E-state index is 10.5. The quantitative estimate of drug-likeness (QED) is 0.143. The Hall–Kier alpha value is -3.34. The SMILES string of the molecule is COc1cc(CCO[C@@H]2CCCC[C@H]2N2CC[C@@H](O)C2)ccc1OCCNCC(O)COc1cccc2[nH]c3ccccc3c12. The molecule has 6 rings (SSSR count). The number of rotatable bonds is 15. The van der Waals surface area contributed by atoms with Crippen LogP contribution in [0.15, 0.2) is 60.7 Å². The van der Waals surface area contributed by atoms with E-state index in [0.717, 1.165) is 71.9 Å². The van der Waals surface area contributed by atoms with Gasteiger partial charge in [0.1, 0.15) is 25.1 Å². The number of aromatic nitrogens is 1. The highest BCUT2D eigenvalue weighted by Gasteiger charge is 2.34. The highest BCUT2D eigenvalue weighted by atomic mass is 16.5. The molecule has 9 nitrogen and oxygen atoms in total. The lowest BCUT2D eigenvalue weighted by Gasteiger charge is -2.37. The smallest absolute Gasteiger partial charge is 0.161 e. The second kappa shape index (κ2) is 15.3. The van der Waals surface area contributed by atoms with Crippen molar-refractivity contribution in [1.82, 2.24) is 15.2 Å². The van der Waals surface area contributed by atoms with E-state index < -0.39 is 6.10 Å². The van der Waals surface area contributed by atoms with Gasteiger partial charge in [-0.15, -0.1) is 0 Å². The Kier molecular flexibility index (Phi) is 10.8. The second-order valence-electron chi connectivity index (χ2n) is 12.3. The molecular weight excluding hydrogens is 570 g/mol. The van der Waals surface area contributed by atoms with Crippen LogP contribution >= 0.6 is 0 Å². The van der Waals surface area contributed by atoms with E-state index in [2.05, 4.69) is 33.4 Å². The van der Waals surface area contributed by atoms with Gasteiger partial charge in [0.05, 0.1) is 31.4 Å². The maximum Gasteiger partial charge on any atom is 0.161 e. The van der Waals surface area contributed by atoms with Gasteiger partial charge in [0.25, 0.3) is 0 Å². The highest BCUT2D eigenvalue weighted by Crippen LogP contribution is 2.33. The van der Waals surface area contributed by atoms with Crippen LogP contribution in [0.5, 0.6) is 17.2 Å². The molecule has 2 aliphatic rings. The summed E-state index contributed by atoms with van der Waals surface area (Å²) in [6, 6.07) is 20.6. The first-order valence-electron chi connectivity index (χ1n) is 16.4. The summed E-state index contributed by atoms with van der Waals surface area (Å²) in [5, 5.41) is 25.9. The first-order valence-corrected chi connectivity index (χ1v) is 16.4. The molecule has 1 saturated carbocycles. The lowest BCUT2D eigenvalue weighted by Crippen LogP contribution is -2.46. The van der Waals surface area contributed by atoms with Crippen LogP contribution in [0.4, 0.5) is 0 Å². The number of aromatic amines is 1. The first-order chi connectivity index (χ1) is 22.1. The number of aliphatic hydroxyl groups excluding tert-OH is 2. The third-order valence-electron chi connectivity index (χ3n) is 9.12. The molecule has 1 saturated heterocycles. The molecule has 2 fully saturated rings. The van der Waals surface area contributed by atoms with Crippen molar-refractivity contribution in [3.05, 3.63) is 66.2 Å². The lowest BCUT2D eigenvalue weighted by molar-refractivity contribution is -0.0316. The number of aliphatic hydroxyl groups is 2. The number of hydrogen-bond donors (Lipinski definition) is 4. The Labute approximate surface area is 265 Å². The van der Waals surface area contributed by atoms with Gasteiger partial charge in [-0.05, 0) is 61.6 Å². The van der Waals surface area contributed by atoms with Gasteiger partial charge in [-0.2, -0.15) is 0 Å². The van der Waals surface area contributed by atoms with E-state index in [9.17, 15) is 10.2 Å². The normalized spacial score (nSPS) is 21.4. The summed E-state index contributed by atoms with van der Waals surface area (Å²) in [5.74, 6) is 2.16. The van der Waals surface area contributed by atoms with Gasteiger partial charge in [-0.1, -0.05) is 43.2 Å². The molecule has 4 N–H and O–H groups in total. The van der Waals surface area contributed by atoms with Crippen molar-refractivity contribution in [2.45, 2.75) is 62.9 Å². The standard InChI is InChI=1S/C36H47N3O6/c1-42-35-21-25(16-19-43-32-11-5-4-10-31(32)39-18-15-26(40)23-39)13-14-33(35)44-20-17-37-22-27(41)24-45-34-12-6-9-30-36(34)28-7-2-3-8-29(28)38-30/h2-3,6-9,12-14,21,26-27,31-32,37-38,40-41H,4-5,10-11,15-20,22-24H2,1H3/t26-,27?,31-,32-/m1/s1.